The van der Waals surface area contributed by atoms with Crippen LogP contribution < -0.4 is 5.32 Å². The minimum atomic E-state index is -0.676. The maximum Gasteiger partial charge on any atom is 0.230 e. The van der Waals surface area contributed by atoms with Crippen molar-refractivity contribution in [2.45, 2.75) is 38.1 Å². The van der Waals surface area contributed by atoms with Gasteiger partial charge in [-0.25, -0.2) is 0 Å². The van der Waals surface area contributed by atoms with Gasteiger partial charge in [-0.15, -0.1) is 0 Å². The number of nitrogens with one attached hydrogen (secondary N) is 1. The number of rotatable bonds is 5. The number of hydrogen-bond donors (Lipinski definition) is 1. The zero-order chi connectivity index (χ0) is 20.9. The van der Waals surface area contributed by atoms with Crippen LogP contribution in [0.3, 0.4) is 0 Å². The Morgan fingerprint density at radius 2 is 1.93 bits per heavy atom. The zero-order valence-electron chi connectivity index (χ0n) is 17.2. The number of amides is 2. The van der Waals surface area contributed by atoms with E-state index < -0.39 is 17.4 Å². The van der Waals surface area contributed by atoms with Crippen molar-refractivity contribution in [3.05, 3.63) is 83.4 Å². The number of carbonyl (C=O) groups is 2. The summed E-state index contributed by atoms with van der Waals surface area (Å²) in [5, 5.41) is 3.10. The van der Waals surface area contributed by atoms with E-state index in [0.717, 1.165) is 11.1 Å². The van der Waals surface area contributed by atoms with Crippen molar-refractivity contribution in [3.63, 3.8) is 0 Å². The van der Waals surface area contributed by atoms with Crippen LogP contribution in [0.4, 0.5) is 0 Å². The Morgan fingerprint density at radius 3 is 2.67 bits per heavy atom. The fourth-order valence-electron chi connectivity index (χ4n) is 5.06. The SMILES string of the molecule is Cc1ccc(CN2CC34C=C[C@H](O3)C(C(=O)NC(C)c3ccccc3)[C@H]4C2=O)cc1. The summed E-state index contributed by atoms with van der Waals surface area (Å²) in [6, 6.07) is 17.9. The van der Waals surface area contributed by atoms with Crippen molar-refractivity contribution < 1.29 is 14.3 Å². The average molecular weight is 402 g/mol. The second kappa shape index (κ2) is 7.10. The number of ether oxygens (including phenoxy) is 1. The first kappa shape index (κ1) is 19.1. The van der Waals surface area contributed by atoms with E-state index in [9.17, 15) is 9.59 Å². The summed E-state index contributed by atoms with van der Waals surface area (Å²) < 4.78 is 6.23. The molecule has 3 aliphatic rings. The maximum absolute atomic E-state index is 13.3. The van der Waals surface area contributed by atoms with Crippen LogP contribution in [0.5, 0.6) is 0 Å². The zero-order valence-corrected chi connectivity index (χ0v) is 17.2. The van der Waals surface area contributed by atoms with Gasteiger partial charge < -0.3 is 15.0 Å². The molecule has 3 unspecified atom stereocenters. The smallest absolute Gasteiger partial charge is 0.230 e. The van der Waals surface area contributed by atoms with Crippen molar-refractivity contribution in [1.29, 1.82) is 0 Å². The first-order valence-corrected chi connectivity index (χ1v) is 10.5. The molecule has 2 aromatic rings. The molecule has 5 rings (SSSR count). The van der Waals surface area contributed by atoms with E-state index in [4.69, 9.17) is 4.74 Å². The molecule has 0 aliphatic carbocycles. The van der Waals surface area contributed by atoms with Crippen LogP contribution in [0.2, 0.25) is 0 Å². The Balaban J connectivity index is 1.34. The Morgan fingerprint density at radius 1 is 1.20 bits per heavy atom. The minimum absolute atomic E-state index is 0.00920. The van der Waals surface area contributed by atoms with Gasteiger partial charge in [-0.1, -0.05) is 72.3 Å². The van der Waals surface area contributed by atoms with E-state index in [-0.39, 0.29) is 24.0 Å². The monoisotopic (exact) mass is 402 g/mol. The third kappa shape index (κ3) is 3.05. The Kier molecular flexibility index (Phi) is 4.51. The summed E-state index contributed by atoms with van der Waals surface area (Å²) in [6.45, 7) is 5.04. The van der Waals surface area contributed by atoms with Crippen LogP contribution in [0.15, 0.2) is 66.7 Å². The van der Waals surface area contributed by atoms with E-state index in [0.29, 0.717) is 13.1 Å². The van der Waals surface area contributed by atoms with Gasteiger partial charge in [0.05, 0.1) is 30.5 Å². The molecular formula is C25H26N2O3. The van der Waals surface area contributed by atoms with E-state index >= 15 is 0 Å². The van der Waals surface area contributed by atoms with Crippen molar-refractivity contribution in [2.75, 3.05) is 6.54 Å². The van der Waals surface area contributed by atoms with Crippen LogP contribution in [0.25, 0.3) is 0 Å². The normalized spacial score (nSPS) is 29.9. The molecule has 0 radical (unpaired) electrons. The van der Waals surface area contributed by atoms with Crippen LogP contribution >= 0.6 is 0 Å². The molecule has 2 aromatic carbocycles. The van der Waals surface area contributed by atoms with Crippen molar-refractivity contribution >= 4 is 11.8 Å². The highest BCUT2D eigenvalue weighted by Gasteiger charge is 2.66. The van der Waals surface area contributed by atoms with Gasteiger partial charge in [-0.3, -0.25) is 9.59 Å². The van der Waals surface area contributed by atoms with E-state index in [2.05, 4.69) is 17.4 Å². The number of benzene rings is 2. The lowest BCUT2D eigenvalue weighted by Gasteiger charge is -2.25. The fraction of sp³-hybridized carbons (Fsp3) is 0.360. The van der Waals surface area contributed by atoms with Gasteiger partial charge in [-0.05, 0) is 25.0 Å². The topological polar surface area (TPSA) is 58.6 Å². The molecule has 3 aliphatic heterocycles. The maximum atomic E-state index is 13.3. The summed E-state index contributed by atoms with van der Waals surface area (Å²) in [6.07, 6.45) is 3.62. The molecule has 1 N–H and O–H groups in total. The molecule has 1 spiro atoms. The van der Waals surface area contributed by atoms with Gasteiger partial charge in [0.25, 0.3) is 0 Å². The Bertz CT molecular complexity index is 1000. The number of aryl methyl sites for hydroxylation is 1. The van der Waals surface area contributed by atoms with Crippen molar-refractivity contribution in [2.24, 2.45) is 11.8 Å². The molecule has 5 heteroatoms. The molecule has 0 aromatic heterocycles. The minimum Gasteiger partial charge on any atom is -0.360 e. The molecular weight excluding hydrogens is 376 g/mol. The van der Waals surface area contributed by atoms with Gasteiger partial charge in [0.1, 0.15) is 5.60 Å². The average Bonchev–Trinajstić information content (AvgIpc) is 3.38. The molecule has 154 valence electrons. The molecule has 30 heavy (non-hydrogen) atoms. The third-order valence-electron chi connectivity index (χ3n) is 6.63. The highest BCUT2D eigenvalue weighted by Crippen LogP contribution is 2.52. The number of carbonyl (C=O) groups excluding carboxylic acids is 2. The highest BCUT2D eigenvalue weighted by molar-refractivity contribution is 5.93. The third-order valence-corrected chi connectivity index (χ3v) is 6.63. The van der Waals surface area contributed by atoms with Gasteiger partial charge >= 0.3 is 0 Å². The summed E-state index contributed by atoms with van der Waals surface area (Å²) in [7, 11) is 0. The van der Waals surface area contributed by atoms with Crippen LogP contribution in [0.1, 0.15) is 29.7 Å². The molecule has 2 saturated heterocycles. The largest absolute Gasteiger partial charge is 0.360 e. The molecule has 3 heterocycles. The number of likely N-dealkylation sites (tertiary alicyclic amines) is 1. The van der Waals surface area contributed by atoms with Crippen LogP contribution in [-0.2, 0) is 20.9 Å². The highest BCUT2D eigenvalue weighted by atomic mass is 16.5. The van der Waals surface area contributed by atoms with E-state index in [1.54, 1.807) is 0 Å². The molecule has 5 nitrogen and oxygen atoms in total. The van der Waals surface area contributed by atoms with Crippen molar-refractivity contribution in [3.8, 4) is 0 Å². The van der Waals surface area contributed by atoms with Gasteiger partial charge in [0.15, 0.2) is 0 Å². The number of fused-ring (bicyclic) bond motifs is 1. The van der Waals surface area contributed by atoms with E-state index in [1.165, 1.54) is 5.56 Å². The Hall–Kier alpha value is -2.92. The summed E-state index contributed by atoms with van der Waals surface area (Å²) in [5.41, 5.74) is 2.64. The van der Waals surface area contributed by atoms with Crippen molar-refractivity contribution in [1.82, 2.24) is 10.2 Å². The van der Waals surface area contributed by atoms with Gasteiger partial charge in [-0.2, -0.15) is 0 Å². The molecule has 2 fully saturated rings. The van der Waals surface area contributed by atoms with E-state index in [1.807, 2.05) is 73.4 Å². The summed E-state index contributed by atoms with van der Waals surface area (Å²) in [5.74, 6) is -1.05. The lowest BCUT2D eigenvalue weighted by Crippen LogP contribution is -2.44. The van der Waals surface area contributed by atoms with Gasteiger partial charge in [0.2, 0.25) is 11.8 Å². The lowest BCUT2D eigenvalue weighted by atomic mass is 9.76. The second-order valence-corrected chi connectivity index (χ2v) is 8.72. The summed E-state index contributed by atoms with van der Waals surface area (Å²) >= 11 is 0. The second-order valence-electron chi connectivity index (χ2n) is 8.72. The number of hydrogen-bond acceptors (Lipinski definition) is 3. The first-order valence-electron chi connectivity index (χ1n) is 10.5. The molecule has 2 amide bonds. The summed E-state index contributed by atoms with van der Waals surface area (Å²) in [4.78, 5) is 28.4. The first-order chi connectivity index (χ1) is 14.5. The predicted octanol–water partition coefficient (Wildman–Crippen LogP) is 3.15. The van der Waals surface area contributed by atoms with Crippen LogP contribution in [-0.4, -0.2) is 35.0 Å². The predicted molar refractivity (Wildman–Crippen MR) is 113 cm³/mol. The molecule has 5 atom stereocenters. The fourth-order valence-corrected chi connectivity index (χ4v) is 5.06. The molecule has 2 bridgehead atoms. The van der Waals surface area contributed by atoms with Crippen LogP contribution in [0, 0.1) is 18.8 Å². The number of nitrogens with zero attached hydrogens (tertiary/aromatic N) is 1. The standard InChI is InChI=1S/C25H26N2O3/c1-16-8-10-18(11-9-16)14-27-15-25-13-12-20(30-25)21(22(25)24(27)29)23(28)26-17(2)19-6-4-3-5-7-19/h3-13,17,20-22H,14-15H2,1-2H3,(H,26,28)/t17?,20-,21?,22-,25?/m0/s1. The molecule has 0 saturated carbocycles. The quantitative estimate of drug-likeness (QED) is 0.782. The van der Waals surface area contributed by atoms with Gasteiger partial charge in [0, 0.05) is 6.54 Å². The Labute approximate surface area is 176 Å². The lowest BCUT2D eigenvalue weighted by molar-refractivity contribution is -0.138.